The van der Waals surface area contributed by atoms with Crippen LogP contribution in [0.15, 0.2) is 56.4 Å². The van der Waals surface area contributed by atoms with Crippen LogP contribution >= 0.6 is 47.3 Å². The number of thioether (sulfide) groups is 2. The van der Waals surface area contributed by atoms with Gasteiger partial charge in [-0.2, -0.15) is 0 Å². The number of β-lactam (4-membered cyclic amide) rings is 1. The molecule has 21 nitrogen and oxygen atoms in total. The molecular formula is C32H38ClN11O10S3. The van der Waals surface area contributed by atoms with E-state index in [-0.39, 0.29) is 53.6 Å². The van der Waals surface area contributed by atoms with E-state index in [4.69, 9.17) is 10.6 Å². The zero-order valence-electron chi connectivity index (χ0n) is 30.5. The Kier molecular flexibility index (Phi) is 12.5. The molecular weight excluding hydrogens is 830 g/mol. The Morgan fingerprint density at radius 1 is 1.19 bits per heavy atom. The molecule has 2 aromatic rings. The number of carbonyl (C=O) groups excluding carboxylic acids is 4. The number of oxime groups is 1. The lowest BCUT2D eigenvalue weighted by Crippen LogP contribution is -2.74. The minimum absolute atomic E-state index is 0. The highest BCUT2D eigenvalue weighted by Gasteiger charge is 2.58. The standard InChI is InChI=1S/C32H37N11O10S3.ClH/c1-14-15(2)34-20-8-41(13-44)40-43(20)26(14)55-11-32(29(51)52)10-42-25(49)22(27(42)56-12-32)36-24(48)21(17-9-54-30(33)35-17)39-53-31(3,4)28(50)38-37-23(47)16-5-6-18(45)19(46)7-16;/h5-9,22,27,40,44-46H,10-13H2,1-4H3,(H2,33,35)(H,36,48)(H,37,47)(H,38,50)(H,51,52);1H/t22?,27-,32?;/m1./s1. The number of nitrogens with two attached hydrogens (primary N) is 1. The number of thiazole rings is 1. The van der Waals surface area contributed by atoms with Gasteiger partial charge < -0.3 is 41.2 Å². The predicted molar refractivity (Wildman–Crippen MR) is 211 cm³/mol. The number of amides is 4. The number of anilines is 1. The molecule has 25 heteroatoms. The van der Waals surface area contributed by atoms with Gasteiger partial charge in [-0.1, -0.05) is 5.16 Å². The van der Waals surface area contributed by atoms with Gasteiger partial charge in [0.25, 0.3) is 17.7 Å². The number of phenols is 2. The molecule has 0 spiro atoms. The third kappa shape index (κ3) is 8.55. The van der Waals surface area contributed by atoms with Gasteiger partial charge in [-0.25, -0.2) is 15.0 Å². The number of rotatable bonds is 12. The Morgan fingerprint density at radius 2 is 1.93 bits per heavy atom. The monoisotopic (exact) mass is 867 g/mol. The fourth-order valence-corrected chi connectivity index (χ4v) is 9.16. The number of nitrogen functional groups attached to an aromatic ring is 1. The van der Waals surface area contributed by atoms with E-state index in [0.717, 1.165) is 34.8 Å². The number of phenolic OH excluding ortho intramolecular Hbond substituents is 2. The fraction of sp³-hybridized carbons (Fsp3) is 0.375. The number of carboxylic acid groups (broad SMARTS) is 1. The number of hydrazine groups is 3. The first-order valence-electron chi connectivity index (χ1n) is 16.6. The summed E-state index contributed by atoms with van der Waals surface area (Å²) >= 11 is 3.50. The van der Waals surface area contributed by atoms with Gasteiger partial charge in [-0.3, -0.25) is 39.8 Å². The smallest absolute Gasteiger partial charge is 0.313 e. The minimum Gasteiger partial charge on any atom is -0.504 e. The van der Waals surface area contributed by atoms with Crippen LogP contribution in [0.4, 0.5) is 5.13 Å². The summed E-state index contributed by atoms with van der Waals surface area (Å²) in [7, 11) is 0. The molecule has 1 aromatic heterocycles. The number of aliphatic carboxylic acids is 1. The first-order chi connectivity index (χ1) is 26.4. The quantitative estimate of drug-likeness (QED) is 0.0596. The van der Waals surface area contributed by atoms with Crippen LogP contribution in [0.2, 0.25) is 0 Å². The lowest BCUT2D eigenvalue weighted by Gasteiger charge is -2.53. The number of halogens is 1. The van der Waals surface area contributed by atoms with Crippen LogP contribution in [0.3, 0.4) is 0 Å². The van der Waals surface area contributed by atoms with Crippen molar-refractivity contribution in [3.05, 3.63) is 57.5 Å². The van der Waals surface area contributed by atoms with Gasteiger partial charge in [-0.15, -0.1) is 52.8 Å². The summed E-state index contributed by atoms with van der Waals surface area (Å²) in [5.74, 6) is -4.43. The summed E-state index contributed by atoms with van der Waals surface area (Å²) < 4.78 is 0. The normalized spacial score (nSPS) is 21.7. The molecule has 0 aliphatic carbocycles. The van der Waals surface area contributed by atoms with E-state index in [9.17, 15) is 44.4 Å². The number of allylic oxidation sites excluding steroid dienone is 1. The van der Waals surface area contributed by atoms with Crippen molar-refractivity contribution in [3.63, 3.8) is 0 Å². The molecule has 0 bridgehead atoms. The molecule has 2 unspecified atom stereocenters. The number of nitrogens with zero attached hydrogens (tertiary/aromatic N) is 6. The number of aromatic nitrogens is 1. The average molecular weight is 868 g/mol. The second-order valence-corrected chi connectivity index (χ2v) is 16.3. The van der Waals surface area contributed by atoms with Crippen LogP contribution in [0.25, 0.3) is 0 Å². The summed E-state index contributed by atoms with van der Waals surface area (Å²) in [5, 5.41) is 50.5. The summed E-state index contributed by atoms with van der Waals surface area (Å²) in [6.07, 6.45) is 1.62. The second kappa shape index (κ2) is 16.7. The Labute approximate surface area is 342 Å². The molecule has 4 aliphatic heterocycles. The summed E-state index contributed by atoms with van der Waals surface area (Å²) in [6, 6.07) is 2.25. The number of carbonyl (C=O) groups is 5. The molecule has 0 saturated carbocycles. The van der Waals surface area contributed by atoms with Gasteiger partial charge in [0, 0.05) is 40.3 Å². The van der Waals surface area contributed by atoms with Gasteiger partial charge in [0.2, 0.25) is 11.5 Å². The van der Waals surface area contributed by atoms with Crippen LogP contribution in [0.5, 0.6) is 11.5 Å². The molecule has 1 aromatic carbocycles. The number of nitrogens with one attached hydrogen (secondary N) is 4. The molecule has 2 fully saturated rings. The SMILES string of the molecule is CC1=NC2=CN(CO)NN2C(SCC2(C(=O)O)CS[C@@H]3C(NC(=O)C(=NOC(C)(C)C(=O)NNC(=O)c4ccc(O)c(O)c4)c4csc(N)n4)C(=O)N3C2)=C1C.Cl. The number of benzene rings is 1. The summed E-state index contributed by atoms with van der Waals surface area (Å²) in [6.45, 7) is 5.86. The van der Waals surface area contributed by atoms with Crippen molar-refractivity contribution in [2.24, 2.45) is 15.6 Å². The number of carboxylic acids is 1. The first-order valence-corrected chi connectivity index (χ1v) is 19.5. The van der Waals surface area contributed by atoms with Crippen LogP contribution < -0.4 is 27.4 Å². The fourth-order valence-electron chi connectivity index (χ4n) is 5.58. The number of aromatic hydroxyl groups is 2. The van der Waals surface area contributed by atoms with Crippen molar-refractivity contribution < 1.29 is 49.2 Å². The van der Waals surface area contributed by atoms with Crippen molar-refractivity contribution in [1.82, 2.24) is 41.6 Å². The Hall–Kier alpha value is -5.27. The van der Waals surface area contributed by atoms with Gasteiger partial charge in [0.05, 0.1) is 11.2 Å². The van der Waals surface area contributed by atoms with E-state index in [1.165, 1.54) is 58.7 Å². The lowest BCUT2D eigenvalue weighted by atomic mass is 9.89. The summed E-state index contributed by atoms with van der Waals surface area (Å²) in [5.41, 5.74) is 11.0. The molecule has 0 radical (unpaired) electrons. The molecule has 3 atom stereocenters. The molecule has 4 aliphatic rings. The molecule has 10 N–H and O–H groups in total. The molecule has 5 heterocycles. The van der Waals surface area contributed by atoms with Crippen molar-refractivity contribution in [2.75, 3.05) is 30.5 Å². The van der Waals surface area contributed by atoms with E-state index in [1.807, 2.05) is 13.8 Å². The lowest BCUT2D eigenvalue weighted by molar-refractivity contribution is -0.157. The minimum atomic E-state index is -1.80. The van der Waals surface area contributed by atoms with Crippen LogP contribution in [-0.2, 0) is 24.0 Å². The topological polar surface area (TPSA) is 297 Å². The van der Waals surface area contributed by atoms with Gasteiger partial charge >= 0.3 is 5.97 Å². The third-order valence-corrected chi connectivity index (χ3v) is 12.7. The van der Waals surface area contributed by atoms with Crippen LogP contribution in [0, 0.1) is 5.41 Å². The Balaban J connectivity index is 0.00000620. The number of hydrogen-bond donors (Lipinski definition) is 9. The van der Waals surface area contributed by atoms with E-state index in [2.05, 4.69) is 36.8 Å². The first kappa shape index (κ1) is 42.9. The summed E-state index contributed by atoms with van der Waals surface area (Å²) in [4.78, 5) is 80.9. The third-order valence-electron chi connectivity index (χ3n) is 9.02. The van der Waals surface area contributed by atoms with Gasteiger partial charge in [0.15, 0.2) is 28.2 Å². The maximum Gasteiger partial charge on any atom is 0.313 e. The maximum atomic E-state index is 13.7. The molecule has 306 valence electrons. The van der Waals surface area contributed by atoms with Gasteiger partial charge in [-0.05, 0) is 45.9 Å². The van der Waals surface area contributed by atoms with Crippen LogP contribution in [0.1, 0.15) is 43.7 Å². The van der Waals surface area contributed by atoms with Crippen molar-refractivity contribution in [1.29, 1.82) is 0 Å². The number of aliphatic hydroxyl groups is 1. The number of aliphatic imine (C=N–C) groups is 1. The number of aliphatic hydroxyl groups excluding tert-OH is 1. The molecule has 57 heavy (non-hydrogen) atoms. The average Bonchev–Trinajstić information content (AvgIpc) is 3.79. The van der Waals surface area contributed by atoms with Crippen molar-refractivity contribution in [3.8, 4) is 11.5 Å². The maximum absolute atomic E-state index is 13.7. The van der Waals surface area contributed by atoms with Gasteiger partial charge in [0.1, 0.15) is 29.3 Å². The Morgan fingerprint density at radius 3 is 2.58 bits per heavy atom. The molecule has 4 amide bonds. The van der Waals surface area contributed by atoms with Crippen molar-refractivity contribution in [2.45, 2.75) is 44.7 Å². The predicted octanol–water partition coefficient (Wildman–Crippen LogP) is 0.215. The second-order valence-electron chi connectivity index (χ2n) is 13.4. The molecule has 2 saturated heterocycles. The Bertz CT molecular complexity index is 2130. The van der Waals surface area contributed by atoms with E-state index in [0.29, 0.717) is 10.9 Å². The van der Waals surface area contributed by atoms with Crippen LogP contribution in [-0.4, -0.2) is 123 Å². The van der Waals surface area contributed by atoms with E-state index in [1.54, 1.807) is 11.2 Å². The van der Waals surface area contributed by atoms with Crippen molar-refractivity contribution >= 4 is 93.4 Å². The number of hydrogen-bond acceptors (Lipinski definition) is 19. The highest BCUT2D eigenvalue weighted by Crippen LogP contribution is 2.46. The van der Waals surface area contributed by atoms with E-state index < -0.39 is 69.2 Å². The zero-order chi connectivity index (χ0) is 40.7. The van der Waals surface area contributed by atoms with E-state index >= 15 is 0 Å². The highest BCUT2D eigenvalue weighted by molar-refractivity contribution is 8.03. The number of fused-ring (bicyclic) bond motifs is 2. The molecule has 6 rings (SSSR count). The highest BCUT2D eigenvalue weighted by atomic mass is 35.5. The largest absolute Gasteiger partial charge is 0.504 e. The zero-order valence-corrected chi connectivity index (χ0v) is 33.8.